The fourth-order valence-corrected chi connectivity index (χ4v) is 3.36. The standard InChI is InChI=1S/C18H17Cl2NO/c1-11-17(22)10-16(12-2-6-14(19)7-3-12)21-18(11)13-4-8-15(20)9-5-13/h2-9,11,16,18,21H,10H2,1H3/p+1. The molecule has 0 radical (unpaired) electrons. The second kappa shape index (κ2) is 6.41. The highest BCUT2D eigenvalue weighted by atomic mass is 35.5. The third kappa shape index (κ3) is 3.19. The van der Waals surface area contributed by atoms with E-state index >= 15 is 0 Å². The van der Waals surface area contributed by atoms with Crippen molar-refractivity contribution in [2.24, 2.45) is 5.92 Å². The fourth-order valence-electron chi connectivity index (χ4n) is 3.11. The Kier molecular flexibility index (Phi) is 4.53. The van der Waals surface area contributed by atoms with E-state index in [1.165, 1.54) is 0 Å². The molecule has 1 saturated heterocycles. The highest BCUT2D eigenvalue weighted by Crippen LogP contribution is 2.29. The summed E-state index contributed by atoms with van der Waals surface area (Å²) in [5.74, 6) is 0.312. The Labute approximate surface area is 140 Å². The topological polar surface area (TPSA) is 33.7 Å². The number of piperidine rings is 1. The first-order valence-electron chi connectivity index (χ1n) is 7.43. The van der Waals surface area contributed by atoms with Gasteiger partial charge in [0.1, 0.15) is 17.9 Å². The number of halogens is 2. The summed E-state index contributed by atoms with van der Waals surface area (Å²) in [7, 11) is 0. The van der Waals surface area contributed by atoms with Gasteiger partial charge >= 0.3 is 0 Å². The van der Waals surface area contributed by atoms with Gasteiger partial charge in [-0.25, -0.2) is 0 Å². The van der Waals surface area contributed by atoms with Crippen LogP contribution in [0, 0.1) is 5.92 Å². The van der Waals surface area contributed by atoms with Gasteiger partial charge in [0, 0.05) is 21.2 Å². The number of ketones is 1. The normalized spacial score (nSPS) is 25.2. The van der Waals surface area contributed by atoms with Gasteiger partial charge in [0.15, 0.2) is 0 Å². The molecule has 0 aliphatic carbocycles. The van der Waals surface area contributed by atoms with Crippen LogP contribution in [-0.2, 0) is 4.79 Å². The summed E-state index contributed by atoms with van der Waals surface area (Å²) >= 11 is 11.9. The minimum atomic E-state index is 0.00438. The number of benzene rings is 2. The van der Waals surface area contributed by atoms with Crippen LogP contribution in [0.15, 0.2) is 48.5 Å². The largest absolute Gasteiger partial charge is 0.333 e. The molecule has 2 aromatic carbocycles. The number of Topliss-reactive ketones (excluding diaryl/α,β-unsaturated/α-hetero) is 1. The summed E-state index contributed by atoms with van der Waals surface area (Å²) < 4.78 is 0. The zero-order chi connectivity index (χ0) is 15.7. The van der Waals surface area contributed by atoms with Crippen molar-refractivity contribution in [1.29, 1.82) is 0 Å². The number of hydrogen-bond acceptors (Lipinski definition) is 1. The molecule has 0 bridgehead atoms. The van der Waals surface area contributed by atoms with Gasteiger partial charge < -0.3 is 5.32 Å². The molecule has 4 heteroatoms. The van der Waals surface area contributed by atoms with Crippen LogP contribution < -0.4 is 5.32 Å². The molecule has 2 N–H and O–H groups in total. The molecule has 1 heterocycles. The van der Waals surface area contributed by atoms with Crippen LogP contribution in [0.4, 0.5) is 0 Å². The van der Waals surface area contributed by atoms with Gasteiger partial charge in [-0.05, 0) is 31.2 Å². The Morgan fingerprint density at radius 2 is 1.41 bits per heavy atom. The highest BCUT2D eigenvalue weighted by molar-refractivity contribution is 6.30. The van der Waals surface area contributed by atoms with Crippen molar-refractivity contribution < 1.29 is 10.1 Å². The monoisotopic (exact) mass is 334 g/mol. The molecule has 0 spiro atoms. The number of nitrogens with two attached hydrogens (primary N) is 1. The van der Waals surface area contributed by atoms with Crippen molar-refractivity contribution in [3.05, 3.63) is 69.7 Å². The molecular weight excluding hydrogens is 317 g/mol. The van der Waals surface area contributed by atoms with Crippen LogP contribution in [0.1, 0.15) is 36.6 Å². The summed E-state index contributed by atoms with van der Waals surface area (Å²) in [4.78, 5) is 12.4. The second-order valence-electron chi connectivity index (χ2n) is 5.89. The number of carbonyl (C=O) groups is 1. The van der Waals surface area contributed by atoms with Crippen LogP contribution in [0.25, 0.3) is 0 Å². The summed E-state index contributed by atoms with van der Waals surface area (Å²) in [6, 6.07) is 15.8. The Hall–Kier alpha value is -1.35. The van der Waals surface area contributed by atoms with Gasteiger partial charge in [-0.2, -0.15) is 0 Å². The maximum absolute atomic E-state index is 12.4. The molecule has 2 aromatic rings. The molecule has 0 saturated carbocycles. The Bertz CT molecular complexity index is 666. The Morgan fingerprint density at radius 3 is 1.95 bits per heavy atom. The molecular formula is C18H18Cl2NO+. The molecule has 22 heavy (non-hydrogen) atoms. The lowest BCUT2D eigenvalue weighted by molar-refractivity contribution is -0.742. The van der Waals surface area contributed by atoms with Gasteiger partial charge in [0.2, 0.25) is 0 Å². The predicted molar refractivity (Wildman–Crippen MR) is 89.1 cm³/mol. The van der Waals surface area contributed by atoms with E-state index in [-0.39, 0.29) is 18.0 Å². The van der Waals surface area contributed by atoms with Crippen molar-refractivity contribution >= 4 is 29.0 Å². The predicted octanol–water partition coefficient (Wildman–Crippen LogP) is 3.95. The molecule has 3 atom stereocenters. The lowest BCUT2D eigenvalue weighted by atomic mass is 9.82. The molecule has 2 nitrogen and oxygen atoms in total. The first kappa shape index (κ1) is 15.5. The zero-order valence-electron chi connectivity index (χ0n) is 12.3. The minimum Gasteiger partial charge on any atom is -0.333 e. The molecule has 3 unspecified atom stereocenters. The maximum atomic E-state index is 12.4. The van der Waals surface area contributed by atoms with Crippen LogP contribution in [-0.4, -0.2) is 5.78 Å². The maximum Gasteiger partial charge on any atom is 0.148 e. The SMILES string of the molecule is CC1C(=O)CC(c2ccc(Cl)cc2)[NH2+]C1c1ccc(Cl)cc1. The molecule has 0 aromatic heterocycles. The molecule has 1 fully saturated rings. The molecule has 114 valence electrons. The van der Waals surface area contributed by atoms with E-state index in [1.807, 2.05) is 55.5 Å². The molecule has 1 aliphatic rings. The summed E-state index contributed by atoms with van der Waals surface area (Å²) in [6.45, 7) is 2.01. The van der Waals surface area contributed by atoms with E-state index < -0.39 is 0 Å². The van der Waals surface area contributed by atoms with Crippen LogP contribution in [0.5, 0.6) is 0 Å². The quantitative estimate of drug-likeness (QED) is 0.886. The third-order valence-electron chi connectivity index (χ3n) is 4.46. The van der Waals surface area contributed by atoms with Gasteiger partial charge in [-0.15, -0.1) is 0 Å². The number of rotatable bonds is 2. The molecule has 1 aliphatic heterocycles. The summed E-state index contributed by atoms with van der Waals surface area (Å²) in [5.41, 5.74) is 2.28. The van der Waals surface area contributed by atoms with Crippen molar-refractivity contribution in [2.45, 2.75) is 25.4 Å². The van der Waals surface area contributed by atoms with E-state index in [1.54, 1.807) is 0 Å². The van der Waals surface area contributed by atoms with Crippen LogP contribution >= 0.6 is 23.2 Å². The molecule has 0 amide bonds. The summed E-state index contributed by atoms with van der Waals surface area (Å²) in [5, 5.41) is 3.72. The van der Waals surface area contributed by atoms with E-state index in [9.17, 15) is 4.79 Å². The average molecular weight is 335 g/mol. The van der Waals surface area contributed by atoms with Gasteiger partial charge in [0.05, 0.1) is 12.3 Å². The average Bonchev–Trinajstić information content (AvgIpc) is 2.52. The van der Waals surface area contributed by atoms with Gasteiger partial charge in [0.25, 0.3) is 0 Å². The first-order valence-corrected chi connectivity index (χ1v) is 8.19. The van der Waals surface area contributed by atoms with Crippen molar-refractivity contribution in [1.82, 2.24) is 0 Å². The number of quaternary nitrogens is 1. The van der Waals surface area contributed by atoms with E-state index in [2.05, 4.69) is 5.32 Å². The number of carbonyl (C=O) groups excluding carboxylic acids is 1. The lowest BCUT2D eigenvalue weighted by Gasteiger charge is -2.32. The van der Waals surface area contributed by atoms with Crippen LogP contribution in [0.2, 0.25) is 10.0 Å². The first-order chi connectivity index (χ1) is 10.5. The van der Waals surface area contributed by atoms with Crippen molar-refractivity contribution in [3.63, 3.8) is 0 Å². The fraction of sp³-hybridized carbons (Fsp3) is 0.278. The third-order valence-corrected chi connectivity index (χ3v) is 4.96. The highest BCUT2D eigenvalue weighted by Gasteiger charge is 2.38. The smallest absolute Gasteiger partial charge is 0.148 e. The van der Waals surface area contributed by atoms with E-state index in [4.69, 9.17) is 23.2 Å². The van der Waals surface area contributed by atoms with Gasteiger partial charge in [-0.1, -0.05) is 47.5 Å². The van der Waals surface area contributed by atoms with Gasteiger partial charge in [-0.3, -0.25) is 4.79 Å². The van der Waals surface area contributed by atoms with E-state index in [0.29, 0.717) is 22.2 Å². The number of hydrogen-bond donors (Lipinski definition) is 1. The summed E-state index contributed by atoms with van der Waals surface area (Å²) in [6.07, 6.45) is 0.562. The van der Waals surface area contributed by atoms with Crippen LogP contribution in [0.3, 0.4) is 0 Å². The van der Waals surface area contributed by atoms with Crippen molar-refractivity contribution in [2.75, 3.05) is 0 Å². The minimum absolute atomic E-state index is 0.00438. The zero-order valence-corrected chi connectivity index (χ0v) is 13.8. The Morgan fingerprint density at radius 1 is 0.909 bits per heavy atom. The lowest BCUT2D eigenvalue weighted by Crippen LogP contribution is -2.90. The van der Waals surface area contributed by atoms with Crippen molar-refractivity contribution in [3.8, 4) is 0 Å². The molecule has 3 rings (SSSR count). The van der Waals surface area contributed by atoms with E-state index in [0.717, 1.165) is 11.1 Å². The second-order valence-corrected chi connectivity index (χ2v) is 6.76. The Balaban J connectivity index is 1.88.